The van der Waals surface area contributed by atoms with E-state index in [1.807, 2.05) is 0 Å². The zero-order valence-electron chi connectivity index (χ0n) is 9.01. The molecule has 1 N–H and O–H groups in total. The van der Waals surface area contributed by atoms with Crippen LogP contribution in [0.25, 0.3) is 0 Å². The minimum atomic E-state index is -4.88. The molecule has 0 unspecified atom stereocenters. The first-order valence-corrected chi connectivity index (χ1v) is 4.30. The van der Waals surface area contributed by atoms with Crippen molar-refractivity contribution in [2.45, 2.75) is 6.32 Å². The molecule has 0 aliphatic rings. The maximum absolute atomic E-state index is 12.0. The molecule has 0 aliphatic heterocycles. The van der Waals surface area contributed by atoms with Crippen LogP contribution < -0.4 is 56.7 Å². The van der Waals surface area contributed by atoms with Gasteiger partial charge in [0.05, 0.1) is 5.56 Å². The van der Waals surface area contributed by atoms with Crippen LogP contribution >= 0.6 is 0 Å². The van der Waals surface area contributed by atoms with Gasteiger partial charge in [-0.3, -0.25) is 9.78 Å². The van der Waals surface area contributed by atoms with Crippen LogP contribution in [0.4, 0.5) is 12.9 Å². The number of hydrogen-bond donors (Lipinski definition) is 1. The van der Waals surface area contributed by atoms with Crippen molar-refractivity contribution in [3.8, 4) is 0 Å². The van der Waals surface area contributed by atoms with Crippen molar-refractivity contribution >= 4 is 12.9 Å². The molecule has 0 spiro atoms. The Morgan fingerprint density at radius 2 is 2.06 bits per heavy atom. The van der Waals surface area contributed by atoms with E-state index in [1.165, 1.54) is 19.2 Å². The molecule has 0 aromatic carbocycles. The van der Waals surface area contributed by atoms with Crippen molar-refractivity contribution in [3.05, 3.63) is 29.6 Å². The van der Waals surface area contributed by atoms with Crippen molar-refractivity contribution in [2.24, 2.45) is 0 Å². The first-order chi connectivity index (χ1) is 6.92. The van der Waals surface area contributed by atoms with Gasteiger partial charge in [-0.15, -0.1) is 0 Å². The Bertz CT molecular complexity index is 355. The molecule has 0 saturated carbocycles. The zero-order valence-corrected chi connectivity index (χ0v) is 12.1. The molecule has 1 aromatic heterocycles. The fraction of sp³-hybridized carbons (Fsp3) is 0.250. The molecule has 1 amide bonds. The summed E-state index contributed by atoms with van der Waals surface area (Å²) in [5.74, 6) is -0.369. The second-order valence-electron chi connectivity index (χ2n) is 3.03. The quantitative estimate of drug-likeness (QED) is 0.660. The van der Waals surface area contributed by atoms with Crippen molar-refractivity contribution in [1.82, 2.24) is 10.3 Å². The summed E-state index contributed by atoms with van der Waals surface area (Å²) in [6, 6.07) is 2.53. The Hall–Kier alpha value is 0.111. The van der Waals surface area contributed by atoms with Crippen molar-refractivity contribution in [2.75, 3.05) is 7.05 Å². The van der Waals surface area contributed by atoms with Crippen molar-refractivity contribution < 1.29 is 69.1 Å². The Balaban J connectivity index is 0.00000225. The van der Waals surface area contributed by atoms with Crippen LogP contribution in [0.5, 0.6) is 0 Å². The fourth-order valence-electron chi connectivity index (χ4n) is 1.06. The normalized spacial score (nSPS) is 10.5. The van der Waals surface area contributed by atoms with Crippen LogP contribution in [0.1, 0.15) is 16.1 Å². The van der Waals surface area contributed by atoms with Gasteiger partial charge in [0, 0.05) is 18.9 Å². The van der Waals surface area contributed by atoms with E-state index in [2.05, 4.69) is 10.3 Å². The average molecular weight is 256 g/mol. The molecule has 82 valence electrons. The van der Waals surface area contributed by atoms with Crippen molar-refractivity contribution in [1.29, 1.82) is 0 Å². The topological polar surface area (TPSA) is 42.0 Å². The molecule has 1 rings (SSSR count). The number of rotatable bonds is 3. The van der Waals surface area contributed by atoms with E-state index in [9.17, 15) is 17.7 Å². The molecular formula is C8H9BF3KN2O. The summed E-state index contributed by atoms with van der Waals surface area (Å²) in [6.07, 6.45) is 0.115. The minimum absolute atomic E-state index is 0. The predicted octanol–water partition coefficient (Wildman–Crippen LogP) is -1.63. The minimum Gasteiger partial charge on any atom is -0.449 e. The molecule has 0 bridgehead atoms. The van der Waals surface area contributed by atoms with Crippen LogP contribution in [-0.2, 0) is 6.32 Å². The standard InChI is InChI=1S/C8H9BF3N2O.K/c1-13-8(15)6-2-3-7(14-5-6)4-9(10,11)12;/h2-3,5H,4H2,1H3,(H,13,15);/q-1;+1. The third-order valence-electron chi connectivity index (χ3n) is 1.75. The first-order valence-electron chi connectivity index (χ1n) is 4.30. The van der Waals surface area contributed by atoms with E-state index in [-0.39, 0.29) is 68.5 Å². The molecule has 0 saturated heterocycles. The molecule has 3 nitrogen and oxygen atoms in total. The van der Waals surface area contributed by atoms with Gasteiger partial charge in [-0.05, 0) is 18.5 Å². The van der Waals surface area contributed by atoms with Gasteiger partial charge in [0.1, 0.15) is 0 Å². The Morgan fingerprint density at radius 1 is 1.44 bits per heavy atom. The van der Waals surface area contributed by atoms with Gasteiger partial charge in [0.2, 0.25) is 0 Å². The molecule has 0 atom stereocenters. The summed E-state index contributed by atoms with van der Waals surface area (Å²) in [7, 11) is 1.44. The second kappa shape index (κ2) is 6.75. The number of carbonyl (C=O) groups is 1. The third kappa shape index (κ3) is 5.44. The van der Waals surface area contributed by atoms with E-state index in [4.69, 9.17) is 0 Å². The van der Waals surface area contributed by atoms with E-state index in [1.54, 1.807) is 0 Å². The number of pyridine rings is 1. The van der Waals surface area contributed by atoms with Gasteiger partial charge in [-0.1, -0.05) is 0 Å². The van der Waals surface area contributed by atoms with Crippen LogP contribution in [-0.4, -0.2) is 24.9 Å². The molecule has 16 heavy (non-hydrogen) atoms. The monoisotopic (exact) mass is 256 g/mol. The summed E-state index contributed by atoms with van der Waals surface area (Å²) >= 11 is 0. The SMILES string of the molecule is CNC(=O)c1ccc(C[B-](F)(F)F)nc1.[K+]. The molecule has 0 fully saturated rings. The van der Waals surface area contributed by atoms with E-state index < -0.39 is 13.3 Å². The number of aromatic nitrogens is 1. The number of carbonyl (C=O) groups excluding carboxylic acids is 1. The summed E-state index contributed by atoms with van der Waals surface area (Å²) < 4.78 is 36.0. The predicted molar refractivity (Wildman–Crippen MR) is 50.4 cm³/mol. The van der Waals surface area contributed by atoms with E-state index >= 15 is 0 Å². The first kappa shape index (κ1) is 16.1. The Labute approximate surface area is 134 Å². The van der Waals surface area contributed by atoms with Crippen LogP contribution in [0, 0.1) is 0 Å². The second-order valence-corrected chi connectivity index (χ2v) is 3.03. The van der Waals surface area contributed by atoms with Gasteiger partial charge < -0.3 is 18.3 Å². The van der Waals surface area contributed by atoms with Gasteiger partial charge in [-0.25, -0.2) is 0 Å². The molecule has 0 radical (unpaired) electrons. The maximum Gasteiger partial charge on any atom is 1.00 e. The molecular weight excluding hydrogens is 247 g/mol. The van der Waals surface area contributed by atoms with Crippen molar-refractivity contribution in [3.63, 3.8) is 0 Å². The zero-order chi connectivity index (χ0) is 11.5. The van der Waals surface area contributed by atoms with Crippen LogP contribution in [0.3, 0.4) is 0 Å². The van der Waals surface area contributed by atoms with E-state index in [0.717, 1.165) is 6.20 Å². The number of halogens is 3. The largest absolute Gasteiger partial charge is 1.00 e. The average Bonchev–Trinajstić information content (AvgIpc) is 2.15. The molecule has 0 aliphatic carbocycles. The van der Waals surface area contributed by atoms with Gasteiger partial charge >= 0.3 is 58.4 Å². The van der Waals surface area contributed by atoms with Crippen LogP contribution in [0.15, 0.2) is 18.3 Å². The Kier molecular flexibility index (Phi) is 6.80. The molecule has 8 heteroatoms. The van der Waals surface area contributed by atoms with Gasteiger partial charge in [-0.2, -0.15) is 0 Å². The number of hydrogen-bond acceptors (Lipinski definition) is 2. The van der Waals surface area contributed by atoms with Crippen LogP contribution in [0.2, 0.25) is 0 Å². The third-order valence-corrected chi connectivity index (χ3v) is 1.75. The van der Waals surface area contributed by atoms with E-state index in [0.29, 0.717) is 0 Å². The summed E-state index contributed by atoms with van der Waals surface area (Å²) in [4.78, 5) is 14.6. The Morgan fingerprint density at radius 3 is 2.44 bits per heavy atom. The number of nitrogens with zero attached hydrogens (tertiary/aromatic N) is 1. The smallest absolute Gasteiger partial charge is 0.449 e. The number of nitrogens with one attached hydrogen (secondary N) is 1. The van der Waals surface area contributed by atoms with Gasteiger partial charge in [0.15, 0.2) is 0 Å². The molecule has 1 heterocycles. The maximum atomic E-state index is 12.0. The summed E-state index contributed by atoms with van der Waals surface area (Å²) in [5.41, 5.74) is 0.172. The summed E-state index contributed by atoms with van der Waals surface area (Å²) in [5, 5.41) is 2.35. The number of amides is 1. The molecule has 1 aromatic rings. The summed E-state index contributed by atoms with van der Waals surface area (Å²) in [6.45, 7) is -4.88. The van der Waals surface area contributed by atoms with Gasteiger partial charge in [0.25, 0.3) is 5.91 Å². The fourth-order valence-corrected chi connectivity index (χ4v) is 1.06.